The van der Waals surface area contributed by atoms with Gasteiger partial charge in [-0.25, -0.2) is 0 Å². The van der Waals surface area contributed by atoms with E-state index in [1.165, 1.54) is 0 Å². The zero-order valence-electron chi connectivity index (χ0n) is 11.6. The Morgan fingerprint density at radius 3 is 2.26 bits per heavy atom. The molecule has 0 bridgehead atoms. The van der Waals surface area contributed by atoms with Crippen molar-refractivity contribution >= 4 is 17.3 Å². The quantitative estimate of drug-likeness (QED) is 0.794. The molecule has 4 nitrogen and oxygen atoms in total. The highest BCUT2D eigenvalue weighted by Crippen LogP contribution is 2.20. The van der Waals surface area contributed by atoms with Crippen LogP contribution in [0.1, 0.15) is 6.92 Å². The molecule has 0 amide bonds. The van der Waals surface area contributed by atoms with Gasteiger partial charge >= 0.3 is 5.97 Å². The van der Waals surface area contributed by atoms with Gasteiger partial charge in [-0.2, -0.15) is 0 Å². The first-order chi connectivity index (χ1) is 8.95. The van der Waals surface area contributed by atoms with Gasteiger partial charge in [0.05, 0.1) is 12.5 Å². The normalized spacial score (nSPS) is 11.5. The summed E-state index contributed by atoms with van der Waals surface area (Å²) in [6.07, 6.45) is 5.35. The van der Waals surface area contributed by atoms with E-state index in [-0.39, 0.29) is 0 Å². The van der Waals surface area contributed by atoms with Crippen molar-refractivity contribution in [2.75, 3.05) is 37.0 Å². The molecule has 19 heavy (non-hydrogen) atoms. The molecule has 1 unspecified atom stereocenters. The van der Waals surface area contributed by atoms with Crippen LogP contribution in [0.25, 0.3) is 0 Å². The molecule has 0 saturated carbocycles. The first kappa shape index (κ1) is 14.9. The van der Waals surface area contributed by atoms with Gasteiger partial charge in [0.2, 0.25) is 0 Å². The standard InChI is InChI=1S/C15H20N2O2/c1-5-10-17(11-12(2)15(18)19)14-8-6-13(7-9-14)16(3)4/h1,6-9,12H,10-11H2,2-4H3,(H,18,19). The van der Waals surface area contributed by atoms with E-state index in [1.807, 2.05) is 48.2 Å². The molecular weight excluding hydrogens is 240 g/mol. The molecular formula is C15H20N2O2. The summed E-state index contributed by atoms with van der Waals surface area (Å²) in [6, 6.07) is 7.90. The minimum atomic E-state index is -0.813. The van der Waals surface area contributed by atoms with E-state index in [4.69, 9.17) is 11.5 Å². The lowest BCUT2D eigenvalue weighted by Gasteiger charge is -2.25. The Labute approximate surface area is 114 Å². The Kier molecular flexibility index (Phi) is 5.25. The first-order valence-corrected chi connectivity index (χ1v) is 6.14. The van der Waals surface area contributed by atoms with Crippen molar-refractivity contribution in [2.24, 2.45) is 5.92 Å². The number of carboxylic acid groups (broad SMARTS) is 1. The van der Waals surface area contributed by atoms with Crippen molar-refractivity contribution in [3.8, 4) is 12.3 Å². The van der Waals surface area contributed by atoms with Crippen molar-refractivity contribution in [1.82, 2.24) is 0 Å². The maximum atomic E-state index is 10.9. The summed E-state index contributed by atoms with van der Waals surface area (Å²) in [7, 11) is 3.95. The van der Waals surface area contributed by atoms with Crippen LogP contribution in [0.5, 0.6) is 0 Å². The lowest BCUT2D eigenvalue weighted by Crippen LogP contribution is -2.32. The number of nitrogens with zero attached hydrogens (tertiary/aromatic N) is 2. The smallest absolute Gasteiger partial charge is 0.308 e. The van der Waals surface area contributed by atoms with Crippen LogP contribution >= 0.6 is 0 Å². The molecule has 1 aromatic rings. The van der Waals surface area contributed by atoms with Crippen molar-refractivity contribution in [3.05, 3.63) is 24.3 Å². The maximum Gasteiger partial charge on any atom is 0.308 e. The van der Waals surface area contributed by atoms with Gasteiger partial charge < -0.3 is 14.9 Å². The number of aliphatic carboxylic acids is 1. The molecule has 0 aromatic heterocycles. The third-order valence-corrected chi connectivity index (χ3v) is 2.93. The highest BCUT2D eigenvalue weighted by molar-refractivity contribution is 5.70. The SMILES string of the molecule is C#CCN(CC(C)C(=O)O)c1ccc(N(C)C)cc1. The first-order valence-electron chi connectivity index (χ1n) is 6.14. The van der Waals surface area contributed by atoms with Gasteiger partial charge in [0.25, 0.3) is 0 Å². The van der Waals surface area contributed by atoms with Gasteiger partial charge in [-0.05, 0) is 24.3 Å². The van der Waals surface area contributed by atoms with Crippen molar-refractivity contribution in [1.29, 1.82) is 0 Å². The summed E-state index contributed by atoms with van der Waals surface area (Å²) < 4.78 is 0. The number of carboxylic acids is 1. The average molecular weight is 260 g/mol. The lowest BCUT2D eigenvalue weighted by molar-refractivity contribution is -0.140. The van der Waals surface area contributed by atoms with Gasteiger partial charge in [0, 0.05) is 32.0 Å². The average Bonchev–Trinajstić information content (AvgIpc) is 2.38. The Balaban J connectivity index is 2.87. The second-order valence-corrected chi connectivity index (χ2v) is 4.73. The summed E-state index contributed by atoms with van der Waals surface area (Å²) in [6.45, 7) is 2.49. The molecule has 1 rings (SSSR count). The predicted octanol–water partition coefficient (Wildman–Crippen LogP) is 1.91. The van der Waals surface area contributed by atoms with Crippen molar-refractivity contribution < 1.29 is 9.90 Å². The zero-order valence-corrected chi connectivity index (χ0v) is 11.6. The van der Waals surface area contributed by atoms with Crippen LogP contribution in [-0.2, 0) is 4.79 Å². The van der Waals surface area contributed by atoms with Crippen molar-refractivity contribution in [2.45, 2.75) is 6.92 Å². The molecule has 4 heteroatoms. The molecule has 1 atom stereocenters. The number of carbonyl (C=O) groups is 1. The summed E-state index contributed by atoms with van der Waals surface area (Å²) in [5.74, 6) is 1.30. The molecule has 0 aliphatic carbocycles. The molecule has 102 valence electrons. The van der Waals surface area contributed by atoms with Crippen LogP contribution in [0.2, 0.25) is 0 Å². The topological polar surface area (TPSA) is 43.8 Å². The molecule has 0 fully saturated rings. The van der Waals surface area contributed by atoms with Crippen LogP contribution in [0.15, 0.2) is 24.3 Å². The fraction of sp³-hybridized carbons (Fsp3) is 0.400. The highest BCUT2D eigenvalue weighted by atomic mass is 16.4. The Bertz CT molecular complexity index is 460. The van der Waals surface area contributed by atoms with E-state index in [0.29, 0.717) is 13.1 Å². The van der Waals surface area contributed by atoms with E-state index >= 15 is 0 Å². The maximum absolute atomic E-state index is 10.9. The number of hydrogen-bond acceptors (Lipinski definition) is 3. The largest absolute Gasteiger partial charge is 0.481 e. The third kappa shape index (κ3) is 4.22. The van der Waals surface area contributed by atoms with E-state index in [9.17, 15) is 4.79 Å². The van der Waals surface area contributed by atoms with Gasteiger partial charge in [-0.3, -0.25) is 4.79 Å². The van der Waals surface area contributed by atoms with Crippen LogP contribution in [0.4, 0.5) is 11.4 Å². The number of anilines is 2. The molecule has 0 radical (unpaired) electrons. The van der Waals surface area contributed by atoms with Crippen molar-refractivity contribution in [3.63, 3.8) is 0 Å². The fourth-order valence-corrected chi connectivity index (χ4v) is 1.74. The molecule has 0 heterocycles. The Hall–Kier alpha value is -2.15. The molecule has 0 saturated heterocycles. The Morgan fingerprint density at radius 2 is 1.84 bits per heavy atom. The number of rotatable bonds is 6. The lowest BCUT2D eigenvalue weighted by atomic mass is 10.1. The zero-order chi connectivity index (χ0) is 14.4. The number of hydrogen-bond donors (Lipinski definition) is 1. The van der Waals surface area contributed by atoms with Gasteiger partial charge in [-0.1, -0.05) is 12.8 Å². The van der Waals surface area contributed by atoms with Gasteiger partial charge in [-0.15, -0.1) is 6.42 Å². The molecule has 0 aliphatic rings. The summed E-state index contributed by atoms with van der Waals surface area (Å²) in [5, 5.41) is 8.98. The molecule has 1 N–H and O–H groups in total. The second-order valence-electron chi connectivity index (χ2n) is 4.73. The summed E-state index contributed by atoms with van der Waals surface area (Å²) in [4.78, 5) is 14.8. The van der Waals surface area contributed by atoms with E-state index < -0.39 is 11.9 Å². The predicted molar refractivity (Wildman–Crippen MR) is 78.6 cm³/mol. The van der Waals surface area contributed by atoms with Crippen LogP contribution in [-0.4, -0.2) is 38.3 Å². The van der Waals surface area contributed by atoms with Crippen LogP contribution < -0.4 is 9.80 Å². The van der Waals surface area contributed by atoms with Gasteiger partial charge in [0.15, 0.2) is 0 Å². The number of terminal acetylenes is 1. The summed E-state index contributed by atoms with van der Waals surface area (Å²) >= 11 is 0. The molecule has 1 aromatic carbocycles. The minimum absolute atomic E-state index is 0.402. The molecule has 0 aliphatic heterocycles. The summed E-state index contributed by atoms with van der Waals surface area (Å²) in [5.41, 5.74) is 2.03. The number of benzene rings is 1. The minimum Gasteiger partial charge on any atom is -0.481 e. The Morgan fingerprint density at radius 1 is 1.32 bits per heavy atom. The van der Waals surface area contributed by atoms with Crippen LogP contribution in [0.3, 0.4) is 0 Å². The van der Waals surface area contributed by atoms with E-state index in [2.05, 4.69) is 5.92 Å². The van der Waals surface area contributed by atoms with E-state index in [0.717, 1.165) is 11.4 Å². The molecule has 0 spiro atoms. The monoisotopic (exact) mass is 260 g/mol. The highest BCUT2D eigenvalue weighted by Gasteiger charge is 2.16. The van der Waals surface area contributed by atoms with Crippen LogP contribution in [0, 0.1) is 18.3 Å². The fourth-order valence-electron chi connectivity index (χ4n) is 1.74. The second kappa shape index (κ2) is 6.69. The van der Waals surface area contributed by atoms with E-state index in [1.54, 1.807) is 6.92 Å². The third-order valence-electron chi connectivity index (χ3n) is 2.93. The van der Waals surface area contributed by atoms with Gasteiger partial charge in [0.1, 0.15) is 0 Å².